The van der Waals surface area contributed by atoms with Gasteiger partial charge in [-0.05, 0) is 31.2 Å². The van der Waals surface area contributed by atoms with Crippen LogP contribution in [0.25, 0.3) is 16.8 Å². The Labute approximate surface area is 113 Å². The minimum Gasteiger partial charge on any atom is -0.269 e. The van der Waals surface area contributed by atoms with Crippen molar-refractivity contribution in [3.63, 3.8) is 0 Å². The largest absolute Gasteiger partial charge is 0.269 e. The highest BCUT2D eigenvalue weighted by Gasteiger charge is 2.03. The van der Waals surface area contributed by atoms with Gasteiger partial charge in [-0.2, -0.15) is 0 Å². The molecule has 2 rings (SSSR count). The van der Waals surface area contributed by atoms with Gasteiger partial charge in [0.05, 0.1) is 11.4 Å². The minimum absolute atomic E-state index is 0.849. The van der Waals surface area contributed by atoms with E-state index in [1.807, 2.05) is 37.3 Å². The van der Waals surface area contributed by atoms with Gasteiger partial charge in [0.1, 0.15) is 0 Å². The fourth-order valence-corrected chi connectivity index (χ4v) is 1.65. The molecule has 2 aromatic rings. The first-order chi connectivity index (χ1) is 9.35. The van der Waals surface area contributed by atoms with Crippen LogP contribution in [0.4, 0.5) is 0 Å². The lowest BCUT2D eigenvalue weighted by Gasteiger charge is -2.04. The van der Waals surface area contributed by atoms with Crippen molar-refractivity contribution in [3.8, 4) is 11.3 Å². The predicted molar refractivity (Wildman–Crippen MR) is 79.8 cm³/mol. The summed E-state index contributed by atoms with van der Waals surface area (Å²) in [7, 11) is 0. The Morgan fingerprint density at radius 3 is 2.84 bits per heavy atom. The second kappa shape index (κ2) is 6.40. The van der Waals surface area contributed by atoms with Crippen LogP contribution >= 0.6 is 0 Å². The van der Waals surface area contributed by atoms with Gasteiger partial charge in [-0.25, -0.2) is 4.98 Å². The molecule has 2 aromatic heterocycles. The van der Waals surface area contributed by atoms with Crippen LogP contribution in [0.2, 0.25) is 0 Å². The van der Waals surface area contributed by atoms with Gasteiger partial charge in [-0.3, -0.25) is 9.98 Å². The summed E-state index contributed by atoms with van der Waals surface area (Å²) in [6, 6.07) is 9.76. The normalized spacial score (nSPS) is 11.7. The van der Waals surface area contributed by atoms with E-state index < -0.39 is 0 Å². The standard InChI is InChI=1S/C16H15N3/c1-3-13(11-17-4-2)15-8-5-9-16(19-15)14-7-6-10-18-12-14/h3-12H,1H2,2H3/b13-11+,17-4?. The highest BCUT2D eigenvalue weighted by Crippen LogP contribution is 2.19. The first-order valence-corrected chi connectivity index (χ1v) is 6.03. The molecule has 3 heteroatoms. The molecule has 0 spiro atoms. The molecule has 0 radical (unpaired) electrons. The third-order valence-corrected chi connectivity index (χ3v) is 2.58. The van der Waals surface area contributed by atoms with Crippen molar-refractivity contribution in [3.05, 3.63) is 67.3 Å². The van der Waals surface area contributed by atoms with Gasteiger partial charge in [-0.1, -0.05) is 18.7 Å². The van der Waals surface area contributed by atoms with Crippen LogP contribution in [0.1, 0.15) is 12.6 Å². The highest BCUT2D eigenvalue weighted by atomic mass is 14.7. The number of nitrogens with zero attached hydrogens (tertiary/aromatic N) is 3. The van der Waals surface area contributed by atoms with E-state index in [1.165, 1.54) is 0 Å². The predicted octanol–water partition coefficient (Wildman–Crippen LogP) is 3.76. The van der Waals surface area contributed by atoms with Crippen molar-refractivity contribution < 1.29 is 0 Å². The van der Waals surface area contributed by atoms with Gasteiger partial charge in [0.15, 0.2) is 0 Å². The number of pyridine rings is 2. The summed E-state index contributed by atoms with van der Waals surface area (Å²) in [5.74, 6) is 0. The van der Waals surface area contributed by atoms with Crippen molar-refractivity contribution in [1.82, 2.24) is 9.97 Å². The van der Waals surface area contributed by atoms with E-state index in [9.17, 15) is 0 Å². The molecular formula is C16H15N3. The van der Waals surface area contributed by atoms with Gasteiger partial charge in [0.2, 0.25) is 0 Å². The SMILES string of the molecule is C=C/C(=C\N=CC)c1cccc(-c2cccnc2)n1. The maximum atomic E-state index is 4.61. The molecule has 0 amide bonds. The van der Waals surface area contributed by atoms with E-state index in [4.69, 9.17) is 0 Å². The zero-order valence-corrected chi connectivity index (χ0v) is 10.8. The molecule has 0 saturated carbocycles. The van der Waals surface area contributed by atoms with Crippen LogP contribution in [0.3, 0.4) is 0 Å². The molecule has 0 N–H and O–H groups in total. The summed E-state index contributed by atoms with van der Waals surface area (Å²) in [6.45, 7) is 5.67. The Morgan fingerprint density at radius 2 is 2.16 bits per heavy atom. The van der Waals surface area contributed by atoms with Crippen molar-refractivity contribution in [2.45, 2.75) is 6.92 Å². The molecular weight excluding hydrogens is 234 g/mol. The van der Waals surface area contributed by atoms with Crippen molar-refractivity contribution in [1.29, 1.82) is 0 Å². The number of allylic oxidation sites excluding steroid dienone is 2. The Kier molecular flexibility index (Phi) is 4.34. The summed E-state index contributed by atoms with van der Waals surface area (Å²) in [6.07, 6.45) is 8.78. The number of hydrogen-bond donors (Lipinski definition) is 0. The number of hydrogen-bond acceptors (Lipinski definition) is 3. The molecule has 0 unspecified atom stereocenters. The molecule has 0 atom stereocenters. The summed E-state index contributed by atoms with van der Waals surface area (Å²) in [5.41, 5.74) is 3.62. The van der Waals surface area contributed by atoms with Crippen molar-refractivity contribution in [2.75, 3.05) is 0 Å². The van der Waals surface area contributed by atoms with E-state index in [-0.39, 0.29) is 0 Å². The molecule has 0 fully saturated rings. The van der Waals surface area contributed by atoms with E-state index in [0.717, 1.165) is 22.5 Å². The number of rotatable bonds is 4. The van der Waals surface area contributed by atoms with Gasteiger partial charge in [0.25, 0.3) is 0 Å². The van der Waals surface area contributed by atoms with Crippen LogP contribution in [-0.4, -0.2) is 16.2 Å². The van der Waals surface area contributed by atoms with Crippen LogP contribution in [0, 0.1) is 0 Å². The first-order valence-electron chi connectivity index (χ1n) is 6.03. The van der Waals surface area contributed by atoms with E-state index in [1.54, 1.807) is 30.9 Å². The lowest BCUT2D eigenvalue weighted by molar-refractivity contribution is 1.25. The monoisotopic (exact) mass is 249 g/mol. The maximum absolute atomic E-state index is 4.61. The fourth-order valence-electron chi connectivity index (χ4n) is 1.65. The second-order valence-corrected chi connectivity index (χ2v) is 3.85. The zero-order valence-electron chi connectivity index (χ0n) is 10.8. The maximum Gasteiger partial charge on any atom is 0.0725 e. The van der Waals surface area contributed by atoms with Gasteiger partial charge < -0.3 is 0 Å². The minimum atomic E-state index is 0.849. The highest BCUT2D eigenvalue weighted by molar-refractivity contribution is 5.73. The molecule has 0 saturated heterocycles. The second-order valence-electron chi connectivity index (χ2n) is 3.85. The Balaban J connectivity index is 2.42. The van der Waals surface area contributed by atoms with E-state index in [2.05, 4.69) is 21.5 Å². The average molecular weight is 249 g/mol. The molecule has 2 heterocycles. The van der Waals surface area contributed by atoms with Crippen molar-refractivity contribution >= 4 is 11.8 Å². The molecule has 0 bridgehead atoms. The fraction of sp³-hybridized carbons (Fsp3) is 0.0625. The van der Waals surface area contributed by atoms with Crippen molar-refractivity contribution in [2.24, 2.45) is 4.99 Å². The Bertz CT molecular complexity index is 613. The third kappa shape index (κ3) is 3.22. The van der Waals surface area contributed by atoms with E-state index >= 15 is 0 Å². The Morgan fingerprint density at radius 1 is 1.26 bits per heavy atom. The molecule has 94 valence electrons. The zero-order chi connectivity index (χ0) is 13.5. The molecule has 3 nitrogen and oxygen atoms in total. The van der Waals surface area contributed by atoms with Crippen LogP contribution in [0.15, 0.2) is 66.6 Å². The molecule has 19 heavy (non-hydrogen) atoms. The smallest absolute Gasteiger partial charge is 0.0725 e. The summed E-state index contributed by atoms with van der Waals surface area (Å²) in [4.78, 5) is 12.8. The average Bonchev–Trinajstić information content (AvgIpc) is 2.49. The van der Waals surface area contributed by atoms with Crippen LogP contribution < -0.4 is 0 Å². The lowest BCUT2D eigenvalue weighted by Crippen LogP contribution is -1.90. The molecule has 0 aromatic carbocycles. The van der Waals surface area contributed by atoms with Crippen LogP contribution in [-0.2, 0) is 0 Å². The quantitative estimate of drug-likeness (QED) is 0.611. The van der Waals surface area contributed by atoms with Gasteiger partial charge in [-0.15, -0.1) is 0 Å². The molecule has 0 aliphatic rings. The first kappa shape index (κ1) is 12.9. The number of aliphatic imine (C=N–C) groups is 1. The Hall–Kier alpha value is -2.55. The van der Waals surface area contributed by atoms with Gasteiger partial charge >= 0.3 is 0 Å². The lowest BCUT2D eigenvalue weighted by atomic mass is 10.1. The summed E-state index contributed by atoms with van der Waals surface area (Å²) in [5, 5.41) is 0. The molecule has 0 aliphatic carbocycles. The van der Waals surface area contributed by atoms with E-state index in [0.29, 0.717) is 0 Å². The summed E-state index contributed by atoms with van der Waals surface area (Å²) < 4.78 is 0. The topological polar surface area (TPSA) is 38.1 Å². The van der Waals surface area contributed by atoms with Gasteiger partial charge in [0, 0.05) is 35.9 Å². The number of aromatic nitrogens is 2. The molecule has 0 aliphatic heterocycles. The third-order valence-electron chi connectivity index (χ3n) is 2.58. The summed E-state index contributed by atoms with van der Waals surface area (Å²) >= 11 is 0. The van der Waals surface area contributed by atoms with Crippen LogP contribution in [0.5, 0.6) is 0 Å².